The Kier molecular flexibility index (Phi) is 3.20. The van der Waals surface area contributed by atoms with E-state index in [0.29, 0.717) is 5.25 Å². The van der Waals surface area contributed by atoms with Crippen LogP contribution >= 0.6 is 11.8 Å². The largest absolute Gasteiger partial charge is 0.333 e. The lowest BCUT2D eigenvalue weighted by Crippen LogP contribution is -2.29. The second kappa shape index (κ2) is 5.20. The number of hydrogen-bond acceptors (Lipinski definition) is 3. The Morgan fingerprint density at radius 1 is 1.10 bits per heavy atom. The lowest BCUT2D eigenvalue weighted by atomic mass is 9.88. The number of imidazole rings is 1. The van der Waals surface area contributed by atoms with E-state index < -0.39 is 0 Å². The van der Waals surface area contributed by atoms with Crippen LogP contribution in [0.3, 0.4) is 0 Å². The number of aromatic amines is 1. The normalized spacial score (nSPS) is 21.4. The summed E-state index contributed by atoms with van der Waals surface area (Å²) in [6, 6.07) is 16.7. The van der Waals surface area contributed by atoms with Gasteiger partial charge in [0.2, 0.25) is 0 Å². The Hall–Kier alpha value is -1.78. The number of fused-ring (bicyclic) bond motifs is 2. The molecule has 1 aliphatic carbocycles. The SMILES string of the molecule is NC1c2ccccc2CCC1Sc1nc2ccccc2[nH]1. The monoisotopic (exact) mass is 295 g/mol. The number of nitrogens with two attached hydrogens (primary N) is 1. The zero-order chi connectivity index (χ0) is 14.2. The van der Waals surface area contributed by atoms with Gasteiger partial charge in [-0.15, -0.1) is 0 Å². The van der Waals surface area contributed by atoms with Crippen LogP contribution in [0.4, 0.5) is 0 Å². The molecule has 3 aromatic rings. The Labute approximate surface area is 128 Å². The average Bonchev–Trinajstić information content (AvgIpc) is 2.93. The third-order valence-corrected chi connectivity index (χ3v) is 5.39. The molecule has 2 unspecified atom stereocenters. The second-order valence-corrected chi connectivity index (χ2v) is 6.71. The molecule has 3 N–H and O–H groups in total. The number of H-pyrrole nitrogens is 1. The van der Waals surface area contributed by atoms with Gasteiger partial charge >= 0.3 is 0 Å². The molecule has 0 radical (unpaired) electrons. The summed E-state index contributed by atoms with van der Waals surface area (Å²) in [7, 11) is 0. The molecule has 21 heavy (non-hydrogen) atoms. The summed E-state index contributed by atoms with van der Waals surface area (Å²) < 4.78 is 0. The van der Waals surface area contributed by atoms with Crippen LogP contribution in [0.25, 0.3) is 11.0 Å². The number of aromatic nitrogens is 2. The first-order valence-corrected chi connectivity index (χ1v) is 8.14. The van der Waals surface area contributed by atoms with Gasteiger partial charge in [-0.05, 0) is 36.1 Å². The molecule has 0 spiro atoms. The summed E-state index contributed by atoms with van der Waals surface area (Å²) in [5.41, 5.74) is 11.3. The molecule has 1 aliphatic rings. The molecule has 106 valence electrons. The molecule has 0 aliphatic heterocycles. The van der Waals surface area contributed by atoms with Crippen molar-refractivity contribution in [1.82, 2.24) is 9.97 Å². The second-order valence-electron chi connectivity index (χ2n) is 5.48. The number of nitrogens with zero attached hydrogens (tertiary/aromatic N) is 1. The van der Waals surface area contributed by atoms with Gasteiger partial charge < -0.3 is 10.7 Å². The molecule has 0 saturated heterocycles. The fraction of sp³-hybridized carbons (Fsp3) is 0.235. The van der Waals surface area contributed by atoms with Gasteiger partial charge in [-0.2, -0.15) is 0 Å². The van der Waals surface area contributed by atoms with E-state index in [9.17, 15) is 0 Å². The highest BCUT2D eigenvalue weighted by molar-refractivity contribution is 7.99. The van der Waals surface area contributed by atoms with E-state index in [-0.39, 0.29) is 6.04 Å². The highest BCUT2D eigenvalue weighted by Crippen LogP contribution is 2.38. The Morgan fingerprint density at radius 2 is 1.90 bits per heavy atom. The van der Waals surface area contributed by atoms with E-state index >= 15 is 0 Å². The fourth-order valence-electron chi connectivity index (χ4n) is 3.03. The quantitative estimate of drug-likeness (QED) is 0.758. The van der Waals surface area contributed by atoms with Gasteiger partial charge in [0, 0.05) is 11.3 Å². The van der Waals surface area contributed by atoms with Crippen LogP contribution in [0.15, 0.2) is 53.7 Å². The minimum Gasteiger partial charge on any atom is -0.333 e. The number of hydrogen-bond donors (Lipinski definition) is 2. The summed E-state index contributed by atoms with van der Waals surface area (Å²) >= 11 is 1.77. The maximum atomic E-state index is 6.47. The first-order chi connectivity index (χ1) is 10.3. The molecule has 0 fully saturated rings. The van der Waals surface area contributed by atoms with Crippen molar-refractivity contribution in [3.05, 3.63) is 59.7 Å². The van der Waals surface area contributed by atoms with Crippen LogP contribution < -0.4 is 5.73 Å². The predicted octanol–water partition coefficient (Wildman–Crippen LogP) is 3.67. The van der Waals surface area contributed by atoms with Crippen molar-refractivity contribution < 1.29 is 0 Å². The highest BCUT2D eigenvalue weighted by Gasteiger charge is 2.28. The van der Waals surface area contributed by atoms with Crippen molar-refractivity contribution in [2.24, 2.45) is 5.73 Å². The Morgan fingerprint density at radius 3 is 2.81 bits per heavy atom. The van der Waals surface area contributed by atoms with Crippen molar-refractivity contribution in [2.75, 3.05) is 0 Å². The van der Waals surface area contributed by atoms with E-state index in [2.05, 4.69) is 40.3 Å². The van der Waals surface area contributed by atoms with E-state index in [1.54, 1.807) is 11.8 Å². The molecule has 4 rings (SSSR count). The minimum atomic E-state index is 0.0770. The summed E-state index contributed by atoms with van der Waals surface area (Å²) in [6.07, 6.45) is 2.20. The third kappa shape index (κ3) is 2.34. The maximum Gasteiger partial charge on any atom is 0.166 e. The van der Waals surface area contributed by atoms with Gasteiger partial charge in [0.15, 0.2) is 5.16 Å². The van der Waals surface area contributed by atoms with Gasteiger partial charge in [0.25, 0.3) is 0 Å². The predicted molar refractivity (Wildman–Crippen MR) is 87.4 cm³/mol. The summed E-state index contributed by atoms with van der Waals surface area (Å²) in [6.45, 7) is 0. The van der Waals surface area contributed by atoms with Crippen LogP contribution in [0.2, 0.25) is 0 Å². The molecule has 2 aromatic carbocycles. The van der Waals surface area contributed by atoms with Gasteiger partial charge in [-0.25, -0.2) is 4.98 Å². The lowest BCUT2D eigenvalue weighted by molar-refractivity contribution is 0.585. The molecular formula is C17H17N3S. The minimum absolute atomic E-state index is 0.0770. The molecule has 0 saturated carbocycles. The summed E-state index contributed by atoms with van der Waals surface area (Å²) in [5, 5.41) is 1.34. The van der Waals surface area contributed by atoms with E-state index in [1.807, 2.05) is 18.2 Å². The molecule has 0 amide bonds. The Balaban J connectivity index is 1.60. The zero-order valence-electron chi connectivity index (χ0n) is 11.6. The Bertz CT molecular complexity index is 747. The van der Waals surface area contributed by atoms with Crippen LogP contribution in [0, 0.1) is 0 Å². The van der Waals surface area contributed by atoms with Crippen molar-refractivity contribution in [2.45, 2.75) is 29.3 Å². The first-order valence-electron chi connectivity index (χ1n) is 7.26. The molecular weight excluding hydrogens is 278 g/mol. The van der Waals surface area contributed by atoms with Crippen LogP contribution in [0.5, 0.6) is 0 Å². The molecule has 4 heteroatoms. The van der Waals surface area contributed by atoms with Crippen molar-refractivity contribution >= 4 is 22.8 Å². The van der Waals surface area contributed by atoms with E-state index in [0.717, 1.165) is 29.0 Å². The van der Waals surface area contributed by atoms with Crippen molar-refractivity contribution in [3.63, 3.8) is 0 Å². The number of thioether (sulfide) groups is 1. The number of para-hydroxylation sites is 2. The fourth-order valence-corrected chi connectivity index (χ4v) is 4.16. The summed E-state index contributed by atoms with van der Waals surface area (Å²) in [4.78, 5) is 8.03. The number of nitrogens with one attached hydrogen (secondary N) is 1. The van der Waals surface area contributed by atoms with Crippen LogP contribution in [-0.2, 0) is 6.42 Å². The highest BCUT2D eigenvalue weighted by atomic mass is 32.2. The molecule has 2 atom stereocenters. The van der Waals surface area contributed by atoms with Gasteiger partial charge in [0.1, 0.15) is 0 Å². The molecule has 0 bridgehead atoms. The first kappa shape index (κ1) is 12.9. The number of aryl methyl sites for hydroxylation is 1. The lowest BCUT2D eigenvalue weighted by Gasteiger charge is -2.29. The van der Waals surface area contributed by atoms with Gasteiger partial charge in [-0.3, -0.25) is 0 Å². The van der Waals surface area contributed by atoms with Crippen molar-refractivity contribution in [3.8, 4) is 0 Å². The number of benzene rings is 2. The molecule has 1 heterocycles. The smallest absolute Gasteiger partial charge is 0.166 e. The van der Waals surface area contributed by atoms with Crippen LogP contribution in [-0.4, -0.2) is 15.2 Å². The maximum absolute atomic E-state index is 6.47. The number of rotatable bonds is 2. The summed E-state index contributed by atoms with van der Waals surface area (Å²) in [5.74, 6) is 0. The van der Waals surface area contributed by atoms with Crippen LogP contribution in [0.1, 0.15) is 23.6 Å². The topological polar surface area (TPSA) is 54.7 Å². The molecule has 3 nitrogen and oxygen atoms in total. The van der Waals surface area contributed by atoms with Gasteiger partial charge in [-0.1, -0.05) is 48.2 Å². The zero-order valence-corrected chi connectivity index (χ0v) is 12.4. The molecule has 1 aromatic heterocycles. The van der Waals surface area contributed by atoms with Gasteiger partial charge in [0.05, 0.1) is 11.0 Å². The van der Waals surface area contributed by atoms with Crippen molar-refractivity contribution in [1.29, 1.82) is 0 Å². The third-order valence-electron chi connectivity index (χ3n) is 4.14. The average molecular weight is 295 g/mol. The standard InChI is InChI=1S/C17H17N3S/c18-16-12-6-2-1-5-11(12)9-10-15(16)21-17-19-13-7-3-4-8-14(13)20-17/h1-8,15-16H,9-10,18H2,(H,19,20). The van der Waals surface area contributed by atoms with E-state index in [4.69, 9.17) is 5.73 Å². The van der Waals surface area contributed by atoms with E-state index in [1.165, 1.54) is 11.1 Å².